The van der Waals surface area contributed by atoms with Crippen LogP contribution in [0.4, 0.5) is 0 Å². The lowest BCUT2D eigenvalue weighted by atomic mass is 10.0. The highest BCUT2D eigenvalue weighted by Crippen LogP contribution is 2.34. The maximum Gasteiger partial charge on any atom is 0.296 e. The Morgan fingerprint density at radius 1 is 1.19 bits per heavy atom. The zero-order chi connectivity index (χ0) is 15.6. The van der Waals surface area contributed by atoms with Crippen LogP contribution in [0.2, 0.25) is 0 Å². The summed E-state index contributed by atoms with van der Waals surface area (Å²) in [6.45, 7) is 3.52. The number of hydrogen-bond acceptors (Lipinski definition) is 5. The predicted molar refractivity (Wildman–Crippen MR) is 76.0 cm³/mol. The lowest BCUT2D eigenvalue weighted by Gasteiger charge is -2.12. The van der Waals surface area contributed by atoms with Crippen LogP contribution in [0.5, 0.6) is 11.5 Å². The van der Waals surface area contributed by atoms with Crippen LogP contribution in [0.25, 0.3) is 5.57 Å². The van der Waals surface area contributed by atoms with Crippen molar-refractivity contribution < 1.29 is 24.2 Å². The van der Waals surface area contributed by atoms with Crippen LogP contribution in [-0.4, -0.2) is 42.6 Å². The summed E-state index contributed by atoms with van der Waals surface area (Å²) in [7, 11) is 2.95. The van der Waals surface area contributed by atoms with E-state index in [1.807, 2.05) is 0 Å². The molecule has 0 unspecified atom stereocenters. The number of aliphatic hydroxyl groups is 1. The summed E-state index contributed by atoms with van der Waals surface area (Å²) in [6, 6.07) is 4.71. The van der Waals surface area contributed by atoms with Crippen molar-refractivity contribution in [1.29, 1.82) is 0 Å². The second kappa shape index (κ2) is 5.70. The van der Waals surface area contributed by atoms with Gasteiger partial charge < -0.3 is 14.6 Å². The van der Waals surface area contributed by atoms with Gasteiger partial charge in [0.15, 0.2) is 17.3 Å². The summed E-state index contributed by atoms with van der Waals surface area (Å²) in [5, 5.41) is 9.93. The lowest BCUT2D eigenvalue weighted by molar-refractivity contribution is -0.137. The van der Waals surface area contributed by atoms with E-state index in [9.17, 15) is 14.7 Å². The lowest BCUT2D eigenvalue weighted by Crippen LogP contribution is -2.31. The van der Waals surface area contributed by atoms with Crippen molar-refractivity contribution in [2.75, 3.05) is 20.8 Å². The van der Waals surface area contributed by atoms with E-state index in [1.54, 1.807) is 12.1 Å². The fraction of sp³-hybridized carbons (Fsp3) is 0.200. The number of carbonyl (C=O) groups excluding carboxylic acids is 2. The van der Waals surface area contributed by atoms with Crippen molar-refractivity contribution in [3.8, 4) is 11.5 Å². The maximum atomic E-state index is 12.2. The third kappa shape index (κ3) is 2.35. The van der Waals surface area contributed by atoms with Gasteiger partial charge in [0, 0.05) is 6.54 Å². The van der Waals surface area contributed by atoms with E-state index in [0.717, 1.165) is 4.90 Å². The van der Waals surface area contributed by atoms with Gasteiger partial charge in [0.05, 0.1) is 19.8 Å². The van der Waals surface area contributed by atoms with Crippen LogP contribution >= 0.6 is 0 Å². The Balaban J connectivity index is 2.48. The molecule has 1 aliphatic rings. The number of imide groups is 1. The number of hydrogen-bond donors (Lipinski definition) is 1. The molecule has 0 atom stereocenters. The quantitative estimate of drug-likeness (QED) is 0.657. The summed E-state index contributed by atoms with van der Waals surface area (Å²) in [5.41, 5.74) is 0.331. The zero-order valence-electron chi connectivity index (χ0n) is 11.8. The van der Waals surface area contributed by atoms with E-state index in [0.29, 0.717) is 17.1 Å². The summed E-state index contributed by atoms with van der Waals surface area (Å²) in [4.78, 5) is 25.0. The smallest absolute Gasteiger partial charge is 0.296 e. The van der Waals surface area contributed by atoms with E-state index >= 15 is 0 Å². The molecule has 6 heteroatoms. The molecule has 0 fully saturated rings. The molecule has 0 radical (unpaired) electrons. The average molecular weight is 289 g/mol. The highest BCUT2D eigenvalue weighted by molar-refractivity contribution is 6.35. The summed E-state index contributed by atoms with van der Waals surface area (Å²) in [6.07, 6.45) is 1.42. The first kappa shape index (κ1) is 14.6. The van der Waals surface area contributed by atoms with Crippen molar-refractivity contribution in [2.45, 2.75) is 0 Å². The van der Waals surface area contributed by atoms with Crippen LogP contribution in [0.1, 0.15) is 5.56 Å². The van der Waals surface area contributed by atoms with E-state index in [4.69, 9.17) is 9.47 Å². The number of carbonyl (C=O) groups is 2. The molecule has 1 aromatic carbocycles. The van der Waals surface area contributed by atoms with Crippen molar-refractivity contribution >= 4 is 17.4 Å². The molecule has 21 heavy (non-hydrogen) atoms. The summed E-state index contributed by atoms with van der Waals surface area (Å²) < 4.78 is 10.3. The third-order valence-corrected chi connectivity index (χ3v) is 3.13. The average Bonchev–Trinajstić information content (AvgIpc) is 2.71. The predicted octanol–water partition coefficient (Wildman–Crippen LogP) is 1.53. The van der Waals surface area contributed by atoms with Crippen LogP contribution in [0, 0.1) is 0 Å². The molecule has 6 nitrogen and oxygen atoms in total. The molecule has 1 aliphatic heterocycles. The Morgan fingerprint density at radius 2 is 1.86 bits per heavy atom. The molecule has 0 bridgehead atoms. The number of amides is 2. The van der Waals surface area contributed by atoms with Gasteiger partial charge in [-0.15, -0.1) is 6.58 Å². The minimum absolute atomic E-state index is 0.0402. The normalized spacial score (nSPS) is 14.7. The minimum atomic E-state index is -0.732. The fourth-order valence-corrected chi connectivity index (χ4v) is 2.11. The topological polar surface area (TPSA) is 76.1 Å². The van der Waals surface area contributed by atoms with Crippen LogP contribution in [-0.2, 0) is 9.59 Å². The van der Waals surface area contributed by atoms with Crippen LogP contribution in [0.15, 0.2) is 36.6 Å². The van der Waals surface area contributed by atoms with Gasteiger partial charge in [-0.3, -0.25) is 14.5 Å². The Hall–Kier alpha value is -2.76. The molecule has 0 aliphatic carbocycles. The third-order valence-electron chi connectivity index (χ3n) is 3.13. The minimum Gasteiger partial charge on any atom is -0.502 e. The molecule has 0 spiro atoms. The van der Waals surface area contributed by atoms with E-state index in [-0.39, 0.29) is 12.1 Å². The second-order valence-electron chi connectivity index (χ2n) is 4.30. The van der Waals surface area contributed by atoms with E-state index < -0.39 is 17.6 Å². The van der Waals surface area contributed by atoms with Crippen LogP contribution in [0.3, 0.4) is 0 Å². The highest BCUT2D eigenvalue weighted by atomic mass is 16.5. The number of aliphatic hydroxyl groups excluding tert-OH is 1. The SMILES string of the molecule is C=CCN1C(=O)C(O)=C(c2ccc(OC)c(OC)c2)C1=O. The van der Waals surface area contributed by atoms with Crippen molar-refractivity contribution in [3.63, 3.8) is 0 Å². The van der Waals surface area contributed by atoms with Crippen molar-refractivity contribution in [1.82, 2.24) is 4.90 Å². The fourth-order valence-electron chi connectivity index (χ4n) is 2.11. The van der Waals surface area contributed by atoms with Gasteiger partial charge >= 0.3 is 0 Å². The largest absolute Gasteiger partial charge is 0.502 e. The van der Waals surface area contributed by atoms with Gasteiger partial charge in [-0.05, 0) is 17.7 Å². The number of methoxy groups -OCH3 is 2. The Kier molecular flexibility index (Phi) is 3.98. The van der Waals surface area contributed by atoms with Gasteiger partial charge in [-0.1, -0.05) is 12.1 Å². The molecule has 1 N–H and O–H groups in total. The first-order valence-electron chi connectivity index (χ1n) is 6.17. The maximum absolute atomic E-state index is 12.2. The van der Waals surface area contributed by atoms with Gasteiger partial charge in [0.2, 0.25) is 0 Å². The molecule has 0 saturated heterocycles. The first-order chi connectivity index (χ1) is 10.0. The molecule has 110 valence electrons. The molecule has 2 amide bonds. The van der Waals surface area contributed by atoms with E-state index in [2.05, 4.69) is 6.58 Å². The van der Waals surface area contributed by atoms with E-state index in [1.165, 1.54) is 26.4 Å². The van der Waals surface area contributed by atoms with Crippen molar-refractivity contribution in [2.24, 2.45) is 0 Å². The molecular formula is C15H15NO5. The number of nitrogens with zero attached hydrogens (tertiary/aromatic N) is 1. The molecule has 1 heterocycles. The summed E-state index contributed by atoms with van der Waals surface area (Å²) >= 11 is 0. The molecular weight excluding hydrogens is 274 g/mol. The molecule has 0 aromatic heterocycles. The zero-order valence-corrected chi connectivity index (χ0v) is 11.8. The first-order valence-corrected chi connectivity index (χ1v) is 6.17. The number of ether oxygens (including phenoxy) is 2. The van der Waals surface area contributed by atoms with Crippen LogP contribution < -0.4 is 9.47 Å². The second-order valence-corrected chi connectivity index (χ2v) is 4.30. The van der Waals surface area contributed by atoms with Gasteiger partial charge in [0.1, 0.15) is 0 Å². The standard InChI is InChI=1S/C15H15NO5/c1-4-7-16-14(18)12(13(17)15(16)19)9-5-6-10(20-2)11(8-9)21-3/h4-6,8,17H,1,7H2,2-3H3. The molecule has 2 rings (SSSR count). The summed E-state index contributed by atoms with van der Waals surface area (Å²) in [5.74, 6) is -0.984. The number of benzene rings is 1. The number of rotatable bonds is 5. The van der Waals surface area contributed by atoms with Gasteiger partial charge in [-0.25, -0.2) is 0 Å². The van der Waals surface area contributed by atoms with Crippen molar-refractivity contribution in [3.05, 3.63) is 42.2 Å². The monoisotopic (exact) mass is 289 g/mol. The van der Waals surface area contributed by atoms with Gasteiger partial charge in [0.25, 0.3) is 11.8 Å². The Labute approximate surface area is 121 Å². The Morgan fingerprint density at radius 3 is 2.43 bits per heavy atom. The molecule has 1 aromatic rings. The highest BCUT2D eigenvalue weighted by Gasteiger charge is 2.38. The Bertz CT molecular complexity index is 647. The molecule has 0 saturated carbocycles. The van der Waals surface area contributed by atoms with Gasteiger partial charge in [-0.2, -0.15) is 0 Å².